The molecule has 5 nitrogen and oxygen atoms in total. The number of likely N-dealkylation sites (N-methyl/N-ethyl adjacent to an activating group) is 1. The van der Waals surface area contributed by atoms with Crippen LogP contribution < -0.4 is 15.4 Å². The van der Waals surface area contributed by atoms with Gasteiger partial charge in [-0.25, -0.2) is 0 Å². The summed E-state index contributed by atoms with van der Waals surface area (Å²) in [6, 6.07) is 8.01. The van der Waals surface area contributed by atoms with Crippen LogP contribution in [0, 0.1) is 0 Å². The van der Waals surface area contributed by atoms with Gasteiger partial charge < -0.3 is 20.3 Å². The van der Waals surface area contributed by atoms with E-state index in [1.54, 1.807) is 13.1 Å². The van der Waals surface area contributed by atoms with Crippen LogP contribution in [0.25, 0.3) is 0 Å². The van der Waals surface area contributed by atoms with Gasteiger partial charge in [-0.3, -0.25) is 4.99 Å². The predicted octanol–water partition coefficient (Wildman–Crippen LogP) is 2.65. The topological polar surface area (TPSA) is 48.9 Å². The van der Waals surface area contributed by atoms with Gasteiger partial charge in [0, 0.05) is 32.2 Å². The molecule has 0 aliphatic carbocycles. The van der Waals surface area contributed by atoms with Gasteiger partial charge in [-0.2, -0.15) is 0 Å². The first-order valence-corrected chi connectivity index (χ1v) is 8.65. The lowest BCUT2D eigenvalue weighted by Gasteiger charge is -2.18. The molecule has 0 spiro atoms. The molecule has 1 rings (SSSR count). The first kappa shape index (κ1) is 20.0. The number of rotatable bonds is 11. The largest absolute Gasteiger partial charge is 0.489 e. The molecule has 1 aromatic rings. The Labute approximate surface area is 146 Å². The molecule has 0 saturated heterocycles. The Bertz CT molecular complexity index is 502. The number of hydrogen-bond acceptors (Lipinski definition) is 3. The maximum Gasteiger partial charge on any atom is 0.191 e. The molecule has 24 heavy (non-hydrogen) atoms. The van der Waals surface area contributed by atoms with Gasteiger partial charge in [0.15, 0.2) is 5.96 Å². The van der Waals surface area contributed by atoms with E-state index in [1.165, 1.54) is 12.8 Å². The Morgan fingerprint density at radius 2 is 2.08 bits per heavy atom. The van der Waals surface area contributed by atoms with Crippen LogP contribution in [0.1, 0.15) is 25.3 Å². The van der Waals surface area contributed by atoms with Gasteiger partial charge in [0.25, 0.3) is 0 Å². The second-order valence-corrected chi connectivity index (χ2v) is 5.72. The van der Waals surface area contributed by atoms with Crippen LogP contribution in [0.2, 0.25) is 0 Å². The molecule has 0 unspecified atom stereocenters. The minimum atomic E-state index is 0.508. The molecule has 5 heteroatoms. The summed E-state index contributed by atoms with van der Waals surface area (Å²) in [4.78, 5) is 6.61. The maximum atomic E-state index is 5.68. The Kier molecular flexibility index (Phi) is 10.4. The monoisotopic (exact) mass is 332 g/mol. The van der Waals surface area contributed by atoms with Crippen molar-refractivity contribution in [3.63, 3.8) is 0 Å². The molecule has 0 aliphatic rings. The van der Waals surface area contributed by atoms with Gasteiger partial charge in [-0.15, -0.1) is 0 Å². The third-order valence-corrected chi connectivity index (χ3v) is 3.68. The maximum absolute atomic E-state index is 5.68. The van der Waals surface area contributed by atoms with Crippen molar-refractivity contribution in [1.29, 1.82) is 0 Å². The van der Waals surface area contributed by atoms with Crippen LogP contribution in [0.15, 0.2) is 41.9 Å². The van der Waals surface area contributed by atoms with Crippen molar-refractivity contribution >= 4 is 5.96 Å². The molecule has 134 valence electrons. The minimum Gasteiger partial charge on any atom is -0.489 e. The fraction of sp³-hybridized carbons (Fsp3) is 0.526. The van der Waals surface area contributed by atoms with Crippen molar-refractivity contribution in [3.8, 4) is 5.75 Å². The molecule has 0 atom stereocenters. The van der Waals surface area contributed by atoms with Crippen molar-refractivity contribution in [2.24, 2.45) is 4.99 Å². The number of unbranched alkanes of at least 4 members (excludes halogenated alkanes) is 1. The number of benzene rings is 1. The predicted molar refractivity (Wildman–Crippen MR) is 103 cm³/mol. The zero-order valence-electron chi connectivity index (χ0n) is 15.3. The summed E-state index contributed by atoms with van der Waals surface area (Å²) < 4.78 is 5.68. The Morgan fingerprint density at radius 3 is 2.79 bits per heavy atom. The highest BCUT2D eigenvalue weighted by Crippen LogP contribution is 2.17. The second-order valence-electron chi connectivity index (χ2n) is 5.72. The second kappa shape index (κ2) is 12.4. The minimum absolute atomic E-state index is 0.508. The summed E-state index contributed by atoms with van der Waals surface area (Å²) in [6.45, 7) is 10.1. The van der Waals surface area contributed by atoms with E-state index in [4.69, 9.17) is 4.74 Å². The summed E-state index contributed by atoms with van der Waals surface area (Å²) in [6.07, 6.45) is 4.22. The van der Waals surface area contributed by atoms with Gasteiger partial charge in [0.2, 0.25) is 0 Å². The van der Waals surface area contributed by atoms with E-state index in [0.717, 1.165) is 36.9 Å². The van der Waals surface area contributed by atoms with Crippen LogP contribution in [0.5, 0.6) is 5.75 Å². The molecule has 0 amide bonds. The van der Waals surface area contributed by atoms with Gasteiger partial charge in [-0.05, 0) is 26.1 Å². The highest BCUT2D eigenvalue weighted by molar-refractivity contribution is 5.79. The lowest BCUT2D eigenvalue weighted by atomic mass is 10.2. The summed E-state index contributed by atoms with van der Waals surface area (Å²) in [5.41, 5.74) is 1.10. The van der Waals surface area contributed by atoms with Crippen molar-refractivity contribution in [3.05, 3.63) is 42.5 Å². The number of hydrogen-bond donors (Lipinski definition) is 2. The Morgan fingerprint density at radius 1 is 1.29 bits per heavy atom. The molecule has 1 aromatic carbocycles. The van der Waals surface area contributed by atoms with Crippen LogP contribution >= 0.6 is 0 Å². The quantitative estimate of drug-likeness (QED) is 0.372. The van der Waals surface area contributed by atoms with Gasteiger partial charge in [-0.1, -0.05) is 44.2 Å². The SMILES string of the molecule is C=CCOc1ccccc1CNC(=NC)NCCN(C)CCCC. The zero-order chi connectivity index (χ0) is 17.6. The normalized spacial score (nSPS) is 11.4. The van der Waals surface area contributed by atoms with E-state index in [1.807, 2.05) is 18.2 Å². The van der Waals surface area contributed by atoms with E-state index in [2.05, 4.69) is 47.1 Å². The first-order chi connectivity index (χ1) is 11.7. The number of para-hydroxylation sites is 1. The van der Waals surface area contributed by atoms with Crippen LogP contribution in [0.3, 0.4) is 0 Å². The summed E-state index contributed by atoms with van der Waals surface area (Å²) >= 11 is 0. The van der Waals surface area contributed by atoms with Crippen molar-refractivity contribution in [2.75, 3.05) is 40.3 Å². The van der Waals surface area contributed by atoms with Crippen molar-refractivity contribution in [1.82, 2.24) is 15.5 Å². The van der Waals surface area contributed by atoms with Crippen molar-refractivity contribution < 1.29 is 4.74 Å². The van der Waals surface area contributed by atoms with Gasteiger partial charge in [0.1, 0.15) is 12.4 Å². The summed E-state index contributed by atoms with van der Waals surface area (Å²) in [7, 11) is 3.94. The third kappa shape index (κ3) is 8.02. The molecule has 0 bridgehead atoms. The third-order valence-electron chi connectivity index (χ3n) is 3.68. The number of guanidine groups is 1. The fourth-order valence-electron chi connectivity index (χ4n) is 2.24. The van der Waals surface area contributed by atoms with E-state index in [9.17, 15) is 0 Å². The Balaban J connectivity index is 2.40. The number of ether oxygens (including phenoxy) is 1. The summed E-state index contributed by atoms with van der Waals surface area (Å²) in [5.74, 6) is 1.68. The molecule has 2 N–H and O–H groups in total. The van der Waals surface area contributed by atoms with Crippen LogP contribution in [-0.4, -0.2) is 51.2 Å². The van der Waals surface area contributed by atoms with Crippen LogP contribution in [-0.2, 0) is 6.54 Å². The molecule has 0 aromatic heterocycles. The van der Waals surface area contributed by atoms with E-state index >= 15 is 0 Å². The van der Waals surface area contributed by atoms with Gasteiger partial charge in [0.05, 0.1) is 0 Å². The lowest BCUT2D eigenvalue weighted by molar-refractivity contribution is 0.332. The molecular formula is C19H32N4O. The Hall–Kier alpha value is -2.01. The average Bonchev–Trinajstić information content (AvgIpc) is 2.61. The molecule has 0 fully saturated rings. The lowest BCUT2D eigenvalue weighted by Crippen LogP contribution is -2.40. The van der Waals surface area contributed by atoms with E-state index < -0.39 is 0 Å². The highest BCUT2D eigenvalue weighted by Gasteiger charge is 2.04. The van der Waals surface area contributed by atoms with Gasteiger partial charge >= 0.3 is 0 Å². The van der Waals surface area contributed by atoms with Crippen LogP contribution in [0.4, 0.5) is 0 Å². The molecular weight excluding hydrogens is 300 g/mol. The molecule has 0 aliphatic heterocycles. The molecule has 0 heterocycles. The highest BCUT2D eigenvalue weighted by atomic mass is 16.5. The average molecular weight is 332 g/mol. The number of nitrogens with one attached hydrogen (secondary N) is 2. The number of aliphatic imine (C=N–C) groups is 1. The standard InChI is InChI=1S/C19H32N4O/c1-5-7-13-23(4)14-12-21-19(20-3)22-16-17-10-8-9-11-18(17)24-15-6-2/h6,8-11H,2,5,7,12-16H2,1,3-4H3,(H2,20,21,22). The molecule has 0 radical (unpaired) electrons. The zero-order valence-corrected chi connectivity index (χ0v) is 15.3. The van der Waals surface area contributed by atoms with E-state index in [-0.39, 0.29) is 0 Å². The summed E-state index contributed by atoms with van der Waals surface area (Å²) in [5, 5.41) is 6.68. The smallest absolute Gasteiger partial charge is 0.191 e. The first-order valence-electron chi connectivity index (χ1n) is 8.65. The van der Waals surface area contributed by atoms with E-state index in [0.29, 0.717) is 13.2 Å². The fourth-order valence-corrected chi connectivity index (χ4v) is 2.24. The van der Waals surface area contributed by atoms with Crippen molar-refractivity contribution in [2.45, 2.75) is 26.3 Å². The molecule has 0 saturated carbocycles. The number of nitrogens with zero attached hydrogens (tertiary/aromatic N) is 2.